The zero-order valence-electron chi connectivity index (χ0n) is 13.3. The number of nitrogens with one attached hydrogen (secondary N) is 1. The van der Waals surface area contributed by atoms with Gasteiger partial charge in [-0.3, -0.25) is 4.79 Å². The molecule has 1 fully saturated rings. The van der Waals surface area contributed by atoms with Crippen LogP contribution in [0.25, 0.3) is 10.8 Å². The van der Waals surface area contributed by atoms with Crippen LogP contribution in [0.2, 0.25) is 5.02 Å². The first-order chi connectivity index (χ1) is 11.1. The van der Waals surface area contributed by atoms with Crippen LogP contribution in [0, 0.1) is 5.92 Å². The molecule has 2 aromatic rings. The van der Waals surface area contributed by atoms with E-state index in [2.05, 4.69) is 24.4 Å². The first kappa shape index (κ1) is 16.3. The van der Waals surface area contributed by atoms with Gasteiger partial charge in [-0.15, -0.1) is 0 Å². The molecule has 3 nitrogen and oxygen atoms in total. The Labute approximate surface area is 141 Å². The highest BCUT2D eigenvalue weighted by Crippen LogP contribution is 2.31. The van der Waals surface area contributed by atoms with Crippen LogP contribution in [-0.2, 0) is 4.79 Å². The number of fused-ring (bicyclic) bond motifs is 1. The molecule has 0 heterocycles. The summed E-state index contributed by atoms with van der Waals surface area (Å²) in [6.45, 7) is 2.17. The summed E-state index contributed by atoms with van der Waals surface area (Å²) >= 11 is 6.30. The fraction of sp³-hybridized carbons (Fsp3) is 0.421. The van der Waals surface area contributed by atoms with Crippen LogP contribution in [-0.4, -0.2) is 17.1 Å². The molecule has 2 aromatic carbocycles. The van der Waals surface area contributed by atoms with Crippen LogP contribution < -0.4 is 5.32 Å². The minimum atomic E-state index is -0.653. The van der Waals surface area contributed by atoms with Gasteiger partial charge in [-0.05, 0) is 49.6 Å². The summed E-state index contributed by atoms with van der Waals surface area (Å²) in [5.74, 6) is -0.820. The van der Waals surface area contributed by atoms with Crippen molar-refractivity contribution in [1.82, 2.24) is 5.32 Å². The van der Waals surface area contributed by atoms with E-state index < -0.39 is 5.97 Å². The van der Waals surface area contributed by atoms with Gasteiger partial charge >= 0.3 is 5.97 Å². The number of halogens is 1. The third-order valence-corrected chi connectivity index (χ3v) is 5.26. The van der Waals surface area contributed by atoms with Crippen LogP contribution in [0.5, 0.6) is 0 Å². The number of carboxylic acid groups (broad SMARTS) is 1. The van der Waals surface area contributed by atoms with Gasteiger partial charge in [0.25, 0.3) is 0 Å². The molecule has 122 valence electrons. The smallest absolute Gasteiger partial charge is 0.306 e. The predicted molar refractivity (Wildman–Crippen MR) is 93.9 cm³/mol. The molecule has 3 rings (SSSR count). The van der Waals surface area contributed by atoms with E-state index in [1.807, 2.05) is 24.3 Å². The number of aliphatic carboxylic acids is 1. The summed E-state index contributed by atoms with van der Waals surface area (Å²) in [4.78, 5) is 11.1. The van der Waals surface area contributed by atoms with Crippen molar-refractivity contribution in [3.05, 3.63) is 47.0 Å². The Morgan fingerprint density at radius 1 is 1.13 bits per heavy atom. The van der Waals surface area contributed by atoms with Gasteiger partial charge in [0.2, 0.25) is 0 Å². The van der Waals surface area contributed by atoms with Crippen molar-refractivity contribution < 1.29 is 9.90 Å². The van der Waals surface area contributed by atoms with Crippen molar-refractivity contribution in [2.75, 3.05) is 0 Å². The molecule has 0 bridgehead atoms. The van der Waals surface area contributed by atoms with E-state index in [9.17, 15) is 4.79 Å². The van der Waals surface area contributed by atoms with E-state index in [-0.39, 0.29) is 12.0 Å². The molecule has 1 atom stereocenters. The minimum Gasteiger partial charge on any atom is -0.481 e. The maximum atomic E-state index is 11.1. The fourth-order valence-corrected chi connectivity index (χ4v) is 3.84. The second-order valence-corrected chi connectivity index (χ2v) is 6.86. The standard InChI is InChI=1S/C19H22ClNO2/c1-12(21-14-8-6-13(7-9-14)19(22)23)15-10-11-18(20)17-5-3-2-4-16(15)17/h2-5,10-14,21H,6-9H2,1H3,(H,22,23). The predicted octanol–water partition coefficient (Wildman–Crippen LogP) is 4.79. The molecular weight excluding hydrogens is 310 g/mol. The van der Waals surface area contributed by atoms with E-state index in [1.54, 1.807) is 0 Å². The Balaban J connectivity index is 1.73. The van der Waals surface area contributed by atoms with Crippen molar-refractivity contribution in [3.8, 4) is 0 Å². The van der Waals surface area contributed by atoms with E-state index in [0.717, 1.165) is 36.1 Å². The van der Waals surface area contributed by atoms with Crippen LogP contribution in [0.1, 0.15) is 44.2 Å². The monoisotopic (exact) mass is 331 g/mol. The van der Waals surface area contributed by atoms with Crippen LogP contribution in [0.3, 0.4) is 0 Å². The molecule has 2 N–H and O–H groups in total. The molecule has 23 heavy (non-hydrogen) atoms. The first-order valence-electron chi connectivity index (χ1n) is 8.22. The molecule has 0 radical (unpaired) electrons. The third kappa shape index (κ3) is 3.51. The van der Waals surface area contributed by atoms with E-state index >= 15 is 0 Å². The molecular formula is C19H22ClNO2. The highest BCUT2D eigenvalue weighted by Gasteiger charge is 2.26. The maximum absolute atomic E-state index is 11.1. The van der Waals surface area contributed by atoms with Gasteiger partial charge in [-0.25, -0.2) is 0 Å². The first-order valence-corrected chi connectivity index (χ1v) is 8.60. The third-order valence-electron chi connectivity index (χ3n) is 4.93. The second kappa shape index (κ2) is 6.90. The SMILES string of the molecule is CC(NC1CCC(C(=O)O)CC1)c1ccc(Cl)c2ccccc12. The molecule has 0 saturated heterocycles. The number of carbonyl (C=O) groups is 1. The molecule has 1 saturated carbocycles. The van der Waals surface area contributed by atoms with Gasteiger partial charge in [0, 0.05) is 22.5 Å². The summed E-state index contributed by atoms with van der Waals surface area (Å²) in [7, 11) is 0. The molecule has 1 unspecified atom stereocenters. The normalized spacial score (nSPS) is 22.9. The second-order valence-electron chi connectivity index (χ2n) is 6.46. The number of hydrogen-bond acceptors (Lipinski definition) is 2. The van der Waals surface area contributed by atoms with Gasteiger partial charge in [-0.2, -0.15) is 0 Å². The summed E-state index contributed by atoms with van der Waals surface area (Å²) in [6, 6.07) is 12.8. The van der Waals surface area contributed by atoms with Crippen molar-refractivity contribution >= 4 is 28.3 Å². The highest BCUT2D eigenvalue weighted by molar-refractivity contribution is 6.35. The van der Waals surface area contributed by atoms with Gasteiger partial charge in [0.15, 0.2) is 0 Å². The lowest BCUT2D eigenvalue weighted by Crippen LogP contribution is -2.36. The molecule has 4 heteroatoms. The zero-order chi connectivity index (χ0) is 16.4. The largest absolute Gasteiger partial charge is 0.481 e. The molecule has 0 spiro atoms. The quantitative estimate of drug-likeness (QED) is 0.847. The van der Waals surface area contributed by atoms with E-state index in [4.69, 9.17) is 16.7 Å². The Kier molecular flexibility index (Phi) is 4.88. The van der Waals surface area contributed by atoms with Crippen LogP contribution >= 0.6 is 11.6 Å². The maximum Gasteiger partial charge on any atom is 0.306 e. The van der Waals surface area contributed by atoms with Gasteiger partial charge in [0.1, 0.15) is 0 Å². The average Bonchev–Trinajstić information content (AvgIpc) is 2.56. The summed E-state index contributed by atoms with van der Waals surface area (Å²) < 4.78 is 0. The lowest BCUT2D eigenvalue weighted by atomic mass is 9.85. The Hall–Kier alpha value is -1.58. The molecule has 1 aliphatic rings. The van der Waals surface area contributed by atoms with Crippen molar-refractivity contribution in [3.63, 3.8) is 0 Å². The molecule has 1 aliphatic carbocycles. The van der Waals surface area contributed by atoms with Gasteiger partial charge < -0.3 is 10.4 Å². The van der Waals surface area contributed by atoms with Crippen molar-refractivity contribution in [2.24, 2.45) is 5.92 Å². The highest BCUT2D eigenvalue weighted by atomic mass is 35.5. The molecule has 0 amide bonds. The lowest BCUT2D eigenvalue weighted by Gasteiger charge is -2.30. The van der Waals surface area contributed by atoms with Crippen LogP contribution in [0.15, 0.2) is 36.4 Å². The number of benzene rings is 2. The molecule has 0 aromatic heterocycles. The van der Waals surface area contributed by atoms with Gasteiger partial charge in [0.05, 0.1) is 5.92 Å². The van der Waals surface area contributed by atoms with E-state index in [1.165, 1.54) is 10.9 Å². The Bertz CT molecular complexity index is 708. The number of hydrogen-bond donors (Lipinski definition) is 2. The lowest BCUT2D eigenvalue weighted by molar-refractivity contribution is -0.142. The minimum absolute atomic E-state index is 0.167. The summed E-state index contributed by atoms with van der Waals surface area (Å²) in [6.07, 6.45) is 3.38. The molecule has 0 aliphatic heterocycles. The average molecular weight is 332 g/mol. The van der Waals surface area contributed by atoms with Crippen molar-refractivity contribution in [2.45, 2.75) is 44.7 Å². The van der Waals surface area contributed by atoms with E-state index in [0.29, 0.717) is 6.04 Å². The summed E-state index contributed by atoms with van der Waals surface area (Å²) in [5, 5.41) is 15.8. The number of rotatable bonds is 4. The van der Waals surface area contributed by atoms with Crippen LogP contribution in [0.4, 0.5) is 0 Å². The topological polar surface area (TPSA) is 49.3 Å². The Morgan fingerprint density at radius 2 is 1.78 bits per heavy atom. The van der Waals surface area contributed by atoms with Crippen molar-refractivity contribution in [1.29, 1.82) is 0 Å². The van der Waals surface area contributed by atoms with Gasteiger partial charge in [-0.1, -0.05) is 41.9 Å². The fourth-order valence-electron chi connectivity index (χ4n) is 3.61. The summed E-state index contributed by atoms with van der Waals surface area (Å²) in [5.41, 5.74) is 1.24. The number of carboxylic acids is 1. The Morgan fingerprint density at radius 3 is 2.43 bits per heavy atom. The zero-order valence-corrected chi connectivity index (χ0v) is 14.0.